The Kier molecular flexibility index (Phi) is 3.39. The normalized spacial score (nSPS) is 16.7. The molecule has 0 aromatic carbocycles. The molecule has 0 saturated carbocycles. The zero-order valence-electron chi connectivity index (χ0n) is 11.3. The molecule has 2 N–H and O–H groups in total. The average molecular weight is 287 g/mol. The largest absolute Gasteiger partial charge is 0.367 e. The summed E-state index contributed by atoms with van der Waals surface area (Å²) >= 11 is 0. The molecule has 0 bridgehead atoms. The third-order valence-electron chi connectivity index (χ3n) is 3.16. The highest BCUT2D eigenvalue weighted by Crippen LogP contribution is 2.22. The van der Waals surface area contributed by atoms with E-state index in [9.17, 15) is 9.18 Å². The van der Waals surface area contributed by atoms with Gasteiger partial charge in [-0.15, -0.1) is 0 Å². The molecule has 0 spiro atoms. The van der Waals surface area contributed by atoms with E-state index in [-0.39, 0.29) is 12.5 Å². The lowest BCUT2D eigenvalue weighted by Crippen LogP contribution is -2.10. The highest BCUT2D eigenvalue weighted by atomic mass is 19.1. The van der Waals surface area contributed by atoms with Crippen LogP contribution in [0.5, 0.6) is 0 Å². The summed E-state index contributed by atoms with van der Waals surface area (Å²) in [6.07, 6.45) is 5.56. The van der Waals surface area contributed by atoms with Crippen LogP contribution in [0.15, 0.2) is 36.3 Å². The highest BCUT2D eigenvalue weighted by Gasteiger charge is 2.19. The number of amides is 1. The second kappa shape index (κ2) is 5.35. The monoisotopic (exact) mass is 287 g/mol. The number of nitrogens with zero attached hydrogens (tertiary/aromatic N) is 3. The van der Waals surface area contributed by atoms with Crippen molar-refractivity contribution in [3.8, 4) is 0 Å². The average Bonchev–Trinajstić information content (AvgIpc) is 3.00. The van der Waals surface area contributed by atoms with Crippen LogP contribution in [0.2, 0.25) is 0 Å². The molecule has 2 aromatic heterocycles. The molecular weight excluding hydrogens is 273 g/mol. The van der Waals surface area contributed by atoms with E-state index in [1.807, 2.05) is 6.08 Å². The maximum Gasteiger partial charge on any atom is 0.228 e. The Bertz CT molecular complexity index is 749. The van der Waals surface area contributed by atoms with E-state index < -0.39 is 6.67 Å². The number of fused-ring (bicyclic) bond motifs is 1. The van der Waals surface area contributed by atoms with Gasteiger partial charge in [-0.1, -0.05) is 6.58 Å². The van der Waals surface area contributed by atoms with Crippen LogP contribution in [0, 0.1) is 0 Å². The maximum atomic E-state index is 12.2. The molecule has 1 aliphatic rings. The van der Waals surface area contributed by atoms with Crippen LogP contribution < -0.4 is 10.6 Å². The van der Waals surface area contributed by atoms with E-state index in [1.54, 1.807) is 23.0 Å². The lowest BCUT2D eigenvalue weighted by Gasteiger charge is -2.03. The van der Waals surface area contributed by atoms with Crippen molar-refractivity contribution in [2.45, 2.75) is 6.42 Å². The van der Waals surface area contributed by atoms with Crippen molar-refractivity contribution in [2.24, 2.45) is 0 Å². The van der Waals surface area contributed by atoms with Gasteiger partial charge in [-0.25, -0.2) is 13.9 Å². The number of hydrogen-bond acceptors (Lipinski definition) is 4. The summed E-state index contributed by atoms with van der Waals surface area (Å²) in [5, 5.41) is 9.74. The fraction of sp³-hybridized carbons (Fsp3) is 0.214. The molecule has 1 aliphatic heterocycles. The standard InChI is InChI=1S/C14H14FN5O/c1-9-10(7-13(21)18-9)6-11-8-17-20-5-2-12(16-4-3-15)19-14(11)20/h2,5-6,8H,1,3-4,7H2,(H,16,19)(H,18,21)/b10-6+. The number of nitrogens with one attached hydrogen (secondary N) is 2. The molecule has 6 nitrogen and oxygen atoms in total. The first-order valence-corrected chi connectivity index (χ1v) is 6.51. The second-order valence-electron chi connectivity index (χ2n) is 4.67. The third kappa shape index (κ3) is 2.62. The number of carbonyl (C=O) groups excluding carboxylic acids is 1. The molecule has 0 aliphatic carbocycles. The van der Waals surface area contributed by atoms with Crippen LogP contribution in [0.3, 0.4) is 0 Å². The van der Waals surface area contributed by atoms with E-state index in [2.05, 4.69) is 27.3 Å². The van der Waals surface area contributed by atoms with Crippen LogP contribution in [0.1, 0.15) is 12.0 Å². The van der Waals surface area contributed by atoms with Gasteiger partial charge >= 0.3 is 0 Å². The van der Waals surface area contributed by atoms with Gasteiger partial charge in [0.25, 0.3) is 0 Å². The van der Waals surface area contributed by atoms with Gasteiger partial charge in [-0.2, -0.15) is 5.10 Å². The lowest BCUT2D eigenvalue weighted by molar-refractivity contribution is -0.118. The van der Waals surface area contributed by atoms with Crippen LogP contribution in [0.25, 0.3) is 11.7 Å². The first-order chi connectivity index (χ1) is 10.2. The zero-order valence-corrected chi connectivity index (χ0v) is 11.3. The van der Waals surface area contributed by atoms with Gasteiger partial charge in [0.2, 0.25) is 5.91 Å². The summed E-state index contributed by atoms with van der Waals surface area (Å²) in [5.41, 5.74) is 2.84. The molecule has 0 unspecified atom stereocenters. The van der Waals surface area contributed by atoms with Crippen LogP contribution >= 0.6 is 0 Å². The summed E-state index contributed by atoms with van der Waals surface area (Å²) in [4.78, 5) is 15.7. The van der Waals surface area contributed by atoms with E-state index in [0.717, 1.165) is 11.1 Å². The molecule has 1 saturated heterocycles. The number of hydrogen-bond donors (Lipinski definition) is 2. The van der Waals surface area contributed by atoms with Gasteiger partial charge < -0.3 is 10.6 Å². The first-order valence-electron chi connectivity index (χ1n) is 6.51. The Morgan fingerprint density at radius 3 is 3.14 bits per heavy atom. The van der Waals surface area contributed by atoms with Crippen molar-refractivity contribution in [3.05, 3.63) is 41.9 Å². The molecule has 2 aromatic rings. The first kappa shape index (κ1) is 13.3. The maximum absolute atomic E-state index is 12.2. The van der Waals surface area contributed by atoms with Gasteiger partial charge in [0, 0.05) is 24.0 Å². The number of carbonyl (C=O) groups is 1. The van der Waals surface area contributed by atoms with Crippen LogP contribution in [-0.2, 0) is 4.79 Å². The van der Waals surface area contributed by atoms with Gasteiger partial charge in [-0.05, 0) is 17.7 Å². The van der Waals surface area contributed by atoms with Gasteiger partial charge in [-0.3, -0.25) is 4.79 Å². The van der Waals surface area contributed by atoms with Crippen molar-refractivity contribution in [1.82, 2.24) is 19.9 Å². The SMILES string of the molecule is C=C1NC(=O)C/C1=C\c1cnn2ccc(NCCF)nc12. The summed E-state index contributed by atoms with van der Waals surface area (Å²) in [6.45, 7) is 3.55. The van der Waals surface area contributed by atoms with Gasteiger partial charge in [0.05, 0.1) is 12.6 Å². The van der Waals surface area contributed by atoms with Crippen molar-refractivity contribution < 1.29 is 9.18 Å². The minimum Gasteiger partial charge on any atom is -0.367 e. The smallest absolute Gasteiger partial charge is 0.228 e. The summed E-state index contributed by atoms with van der Waals surface area (Å²) < 4.78 is 13.8. The van der Waals surface area contributed by atoms with Gasteiger partial charge in [0.15, 0.2) is 5.65 Å². The Balaban J connectivity index is 1.97. The molecule has 3 rings (SSSR count). The quantitative estimate of drug-likeness (QED) is 0.894. The van der Waals surface area contributed by atoms with Crippen molar-refractivity contribution in [1.29, 1.82) is 0 Å². The number of aromatic nitrogens is 3. The van der Waals surface area contributed by atoms with Crippen LogP contribution in [-0.4, -0.2) is 33.7 Å². The number of allylic oxidation sites excluding steroid dienone is 1. The second-order valence-corrected chi connectivity index (χ2v) is 4.67. The number of anilines is 1. The minimum atomic E-state index is -0.462. The molecule has 21 heavy (non-hydrogen) atoms. The van der Waals surface area contributed by atoms with E-state index >= 15 is 0 Å². The zero-order chi connectivity index (χ0) is 14.8. The van der Waals surface area contributed by atoms with E-state index in [4.69, 9.17) is 0 Å². The molecule has 1 fully saturated rings. The third-order valence-corrected chi connectivity index (χ3v) is 3.16. The van der Waals surface area contributed by atoms with Gasteiger partial charge in [0.1, 0.15) is 12.5 Å². The minimum absolute atomic E-state index is 0.0685. The molecule has 7 heteroatoms. The van der Waals surface area contributed by atoms with E-state index in [1.165, 1.54) is 0 Å². The Labute approximate surface area is 120 Å². The van der Waals surface area contributed by atoms with Crippen LogP contribution in [0.4, 0.5) is 10.2 Å². The summed E-state index contributed by atoms with van der Waals surface area (Å²) in [7, 11) is 0. The number of alkyl halides is 1. The number of rotatable bonds is 4. The summed E-state index contributed by atoms with van der Waals surface area (Å²) in [5.74, 6) is 0.515. The molecular formula is C14H14FN5O. The highest BCUT2D eigenvalue weighted by molar-refractivity contribution is 5.89. The van der Waals surface area contributed by atoms with Crippen molar-refractivity contribution in [3.63, 3.8) is 0 Å². The van der Waals surface area contributed by atoms with Crippen molar-refractivity contribution in [2.75, 3.05) is 18.5 Å². The fourth-order valence-electron chi connectivity index (χ4n) is 2.16. The predicted molar refractivity (Wildman–Crippen MR) is 77.3 cm³/mol. The van der Waals surface area contributed by atoms with E-state index in [0.29, 0.717) is 23.6 Å². The molecule has 3 heterocycles. The Hall–Kier alpha value is -2.70. The molecule has 1 amide bonds. The molecule has 0 radical (unpaired) electrons. The van der Waals surface area contributed by atoms with Crippen molar-refractivity contribution >= 4 is 23.4 Å². The molecule has 0 atom stereocenters. The molecule has 108 valence electrons. The number of halogens is 1. The summed E-state index contributed by atoms with van der Waals surface area (Å²) in [6, 6.07) is 1.73. The predicted octanol–water partition coefficient (Wildman–Crippen LogP) is 1.53. The lowest BCUT2D eigenvalue weighted by atomic mass is 10.1. The Morgan fingerprint density at radius 2 is 2.43 bits per heavy atom. The fourth-order valence-corrected chi connectivity index (χ4v) is 2.16. The Morgan fingerprint density at radius 1 is 1.57 bits per heavy atom. The topological polar surface area (TPSA) is 71.3 Å².